The number of nitrogens with zero attached hydrogens (tertiary/aromatic N) is 4. The van der Waals surface area contributed by atoms with Crippen molar-refractivity contribution in [2.24, 2.45) is 0 Å². The number of hydrogen-bond acceptors (Lipinski definition) is 4. The number of pyridine rings is 1. The maximum atomic E-state index is 4.41. The molecule has 3 aromatic carbocycles. The lowest BCUT2D eigenvalue weighted by atomic mass is 9.94. The molecule has 0 saturated carbocycles. The number of allylic oxidation sites excluding steroid dienone is 6. The van der Waals surface area contributed by atoms with Gasteiger partial charge in [-0.15, -0.1) is 0 Å². The Morgan fingerprint density at radius 2 is 1.58 bits per heavy atom. The number of benzene rings is 3. The number of anilines is 4. The molecule has 1 aromatic heterocycles. The topological polar surface area (TPSA) is 22.6 Å². The zero-order chi connectivity index (χ0) is 32.0. The number of para-hydroxylation sites is 1. The summed E-state index contributed by atoms with van der Waals surface area (Å²) in [5, 5.41) is 0. The molecule has 0 N–H and O–H groups in total. The minimum absolute atomic E-state index is 0.818. The molecule has 6 rings (SSSR count). The summed E-state index contributed by atoms with van der Waals surface area (Å²) in [5.41, 5.74) is 10.2. The molecule has 0 atom stereocenters. The average Bonchev–Trinajstić information content (AvgIpc) is 3.16. The van der Waals surface area contributed by atoms with Crippen LogP contribution >= 0.6 is 0 Å². The third kappa shape index (κ3) is 8.10. The molecule has 230 valence electrons. The van der Waals surface area contributed by atoms with Crippen LogP contribution in [0.2, 0.25) is 0 Å². The number of fused-ring (bicyclic) bond motifs is 1. The zero-order valence-corrected chi connectivity index (χ0v) is 27.4. The van der Waals surface area contributed by atoms with Crippen LogP contribution in [0.4, 0.5) is 22.7 Å². The highest BCUT2D eigenvalue weighted by molar-refractivity contribution is 5.82. The summed E-state index contributed by atoms with van der Waals surface area (Å²) < 4.78 is 0. The van der Waals surface area contributed by atoms with Crippen LogP contribution in [-0.4, -0.2) is 23.5 Å². The second kappa shape index (κ2) is 16.7. The normalized spacial score (nSPS) is 15.0. The first kappa shape index (κ1) is 32.8. The van der Waals surface area contributed by atoms with Crippen LogP contribution in [0.15, 0.2) is 158 Å². The van der Waals surface area contributed by atoms with Gasteiger partial charge in [0.1, 0.15) is 0 Å². The molecule has 0 aliphatic carbocycles. The van der Waals surface area contributed by atoms with Gasteiger partial charge < -0.3 is 14.7 Å². The standard InChI is InChI=1S/C36H32N4.C3H8.C2H6/c1-28-12-5-3-8-17-35-34(18-9-19-36(35)39(28)30-13-6-4-7-14-30)29-20-22-31(23-21-29)40(32-15-10-24-37-26-32)33-16-11-25-38(2)27-33;1-3-2;1-2/h3-16,18-26H,1,17,27H2,2H3;3H2,1-2H3;1-2H3/b8-3-,12-5-;;. The summed E-state index contributed by atoms with van der Waals surface area (Å²) in [6, 6.07) is 30.0. The quantitative estimate of drug-likeness (QED) is 0.229. The van der Waals surface area contributed by atoms with Gasteiger partial charge in [-0.3, -0.25) is 4.98 Å². The molecule has 4 nitrogen and oxygen atoms in total. The highest BCUT2D eigenvalue weighted by Gasteiger charge is 2.20. The van der Waals surface area contributed by atoms with E-state index in [-0.39, 0.29) is 0 Å². The second-order valence-corrected chi connectivity index (χ2v) is 10.7. The van der Waals surface area contributed by atoms with Crippen LogP contribution < -0.4 is 9.80 Å². The molecule has 2 aliphatic rings. The molecule has 0 unspecified atom stereocenters. The van der Waals surface area contributed by atoms with Gasteiger partial charge >= 0.3 is 0 Å². The van der Waals surface area contributed by atoms with Gasteiger partial charge in [0.15, 0.2) is 0 Å². The monoisotopic (exact) mass is 594 g/mol. The van der Waals surface area contributed by atoms with E-state index in [9.17, 15) is 0 Å². The molecule has 3 heterocycles. The Morgan fingerprint density at radius 1 is 0.822 bits per heavy atom. The lowest BCUT2D eigenvalue weighted by Crippen LogP contribution is -2.27. The van der Waals surface area contributed by atoms with Crippen LogP contribution in [0.1, 0.15) is 39.7 Å². The van der Waals surface area contributed by atoms with E-state index < -0.39 is 0 Å². The van der Waals surface area contributed by atoms with E-state index in [1.54, 1.807) is 0 Å². The Bertz CT molecular complexity index is 1630. The van der Waals surface area contributed by atoms with Crippen molar-refractivity contribution < 1.29 is 0 Å². The third-order valence-electron chi connectivity index (χ3n) is 7.22. The number of hydrogen-bond donors (Lipinski definition) is 0. The molecule has 0 saturated heterocycles. The van der Waals surface area contributed by atoms with Crippen molar-refractivity contribution in [3.8, 4) is 11.1 Å². The van der Waals surface area contributed by atoms with E-state index in [0.717, 1.165) is 41.4 Å². The predicted molar refractivity (Wildman–Crippen MR) is 195 cm³/mol. The Balaban J connectivity index is 0.000000871. The van der Waals surface area contributed by atoms with Crippen LogP contribution in [-0.2, 0) is 6.42 Å². The molecule has 2 aliphatic heterocycles. The van der Waals surface area contributed by atoms with Gasteiger partial charge in [0.05, 0.1) is 24.1 Å². The summed E-state index contributed by atoms with van der Waals surface area (Å²) in [6.07, 6.45) is 20.6. The fourth-order valence-electron chi connectivity index (χ4n) is 5.38. The van der Waals surface area contributed by atoms with E-state index in [2.05, 4.69) is 163 Å². The SMILES string of the molecule is C=C1/C=C\C=C/Cc2c(-c3ccc(N(C4=CC=CN(C)C4)c4cccnc4)cc3)cccc2N1c1ccccc1.CC.CCC. The summed E-state index contributed by atoms with van der Waals surface area (Å²) in [4.78, 5) is 11.1. The first-order valence-corrected chi connectivity index (χ1v) is 16.0. The minimum atomic E-state index is 0.818. The van der Waals surface area contributed by atoms with Gasteiger partial charge in [-0.25, -0.2) is 0 Å². The van der Waals surface area contributed by atoms with Crippen molar-refractivity contribution in [3.63, 3.8) is 0 Å². The maximum absolute atomic E-state index is 4.41. The van der Waals surface area contributed by atoms with Gasteiger partial charge in [0.2, 0.25) is 0 Å². The number of likely N-dealkylation sites (N-methyl/N-ethyl adjacent to an activating group) is 1. The molecule has 4 heteroatoms. The largest absolute Gasteiger partial charge is 0.375 e. The van der Waals surface area contributed by atoms with E-state index in [1.165, 1.54) is 28.8 Å². The van der Waals surface area contributed by atoms with Crippen LogP contribution in [0, 0.1) is 0 Å². The zero-order valence-electron chi connectivity index (χ0n) is 27.4. The molecular formula is C41H46N4. The molecule has 0 radical (unpaired) electrons. The Labute approximate surface area is 270 Å². The molecule has 4 aromatic rings. The fourth-order valence-corrected chi connectivity index (χ4v) is 5.38. The Morgan fingerprint density at radius 3 is 2.27 bits per heavy atom. The lowest BCUT2D eigenvalue weighted by molar-refractivity contribution is 0.487. The Kier molecular flexibility index (Phi) is 12.2. The molecular weight excluding hydrogens is 548 g/mol. The lowest BCUT2D eigenvalue weighted by Gasteiger charge is -2.31. The molecule has 0 spiro atoms. The molecule has 0 amide bonds. The van der Waals surface area contributed by atoms with Gasteiger partial charge in [0, 0.05) is 36.0 Å². The Hall–Kier alpha value is -5.09. The number of aromatic nitrogens is 1. The van der Waals surface area contributed by atoms with Crippen molar-refractivity contribution in [2.75, 3.05) is 23.4 Å². The third-order valence-corrected chi connectivity index (χ3v) is 7.22. The minimum Gasteiger partial charge on any atom is -0.375 e. The molecule has 45 heavy (non-hydrogen) atoms. The first-order valence-electron chi connectivity index (χ1n) is 16.0. The summed E-state index contributed by atoms with van der Waals surface area (Å²) >= 11 is 0. The maximum Gasteiger partial charge on any atom is 0.0642 e. The average molecular weight is 595 g/mol. The van der Waals surface area contributed by atoms with Crippen LogP contribution in [0.3, 0.4) is 0 Å². The van der Waals surface area contributed by atoms with Gasteiger partial charge in [-0.1, -0.05) is 101 Å². The predicted octanol–water partition coefficient (Wildman–Crippen LogP) is 11.0. The van der Waals surface area contributed by atoms with Crippen molar-refractivity contribution in [3.05, 3.63) is 164 Å². The van der Waals surface area contributed by atoms with Crippen molar-refractivity contribution in [1.82, 2.24) is 9.88 Å². The van der Waals surface area contributed by atoms with Crippen molar-refractivity contribution >= 4 is 22.7 Å². The van der Waals surface area contributed by atoms with E-state index in [1.807, 2.05) is 38.4 Å². The molecule has 0 bridgehead atoms. The summed E-state index contributed by atoms with van der Waals surface area (Å²) in [6.45, 7) is 13.5. The smallest absolute Gasteiger partial charge is 0.0642 e. The second-order valence-electron chi connectivity index (χ2n) is 10.7. The van der Waals surface area contributed by atoms with Crippen molar-refractivity contribution in [2.45, 2.75) is 40.5 Å². The van der Waals surface area contributed by atoms with E-state index in [0.29, 0.717) is 0 Å². The summed E-state index contributed by atoms with van der Waals surface area (Å²) in [5.74, 6) is 0. The van der Waals surface area contributed by atoms with Crippen LogP contribution in [0.25, 0.3) is 11.1 Å². The number of rotatable bonds is 5. The molecule has 0 fully saturated rings. The van der Waals surface area contributed by atoms with Crippen LogP contribution in [0.5, 0.6) is 0 Å². The van der Waals surface area contributed by atoms with Gasteiger partial charge in [-0.2, -0.15) is 0 Å². The summed E-state index contributed by atoms with van der Waals surface area (Å²) in [7, 11) is 2.09. The van der Waals surface area contributed by atoms with Gasteiger partial charge in [0.25, 0.3) is 0 Å². The van der Waals surface area contributed by atoms with Crippen molar-refractivity contribution in [1.29, 1.82) is 0 Å². The van der Waals surface area contributed by atoms with E-state index in [4.69, 9.17) is 0 Å². The van der Waals surface area contributed by atoms with E-state index >= 15 is 0 Å². The van der Waals surface area contributed by atoms with Gasteiger partial charge in [-0.05, 0) is 90.0 Å². The fraction of sp³-hybridized carbons (Fsp3) is 0.195. The highest BCUT2D eigenvalue weighted by Crippen LogP contribution is 2.39. The highest BCUT2D eigenvalue weighted by atomic mass is 15.2. The first-order chi connectivity index (χ1) is 22.1.